The van der Waals surface area contributed by atoms with Crippen molar-refractivity contribution >= 4 is 11.8 Å². The third-order valence-electron chi connectivity index (χ3n) is 5.67. The van der Waals surface area contributed by atoms with E-state index in [1.807, 2.05) is 37.3 Å². The van der Waals surface area contributed by atoms with Crippen LogP contribution in [0.5, 0.6) is 17.4 Å². The highest BCUT2D eigenvalue weighted by Gasteiger charge is 2.34. The zero-order valence-corrected chi connectivity index (χ0v) is 18.9. The van der Waals surface area contributed by atoms with Crippen LogP contribution in [0.1, 0.15) is 34.6 Å². The summed E-state index contributed by atoms with van der Waals surface area (Å²) in [5.41, 5.74) is 2.08. The molecular formula is C25H26N4O4. The molecule has 0 spiro atoms. The Hall–Kier alpha value is -3.94. The standard InChI is InChI=1S/C25H26N4O4/c1-17-10-11-19(15-27-17)33-24-21(8-6-12-26-24)25(31)28-13-14-29(18(2)30)22(16-28)20-7-4-5-9-23(20)32-3/h4-12,15,22H,13-14,16H2,1-3H3. The molecule has 170 valence electrons. The van der Waals surface area contributed by atoms with Crippen LogP contribution < -0.4 is 9.47 Å². The topological polar surface area (TPSA) is 84.9 Å². The quantitative estimate of drug-likeness (QED) is 0.595. The molecule has 1 aliphatic heterocycles. The molecule has 8 nitrogen and oxygen atoms in total. The van der Waals surface area contributed by atoms with Gasteiger partial charge in [0, 0.05) is 44.0 Å². The van der Waals surface area contributed by atoms with Gasteiger partial charge in [0.1, 0.15) is 17.1 Å². The summed E-state index contributed by atoms with van der Waals surface area (Å²) < 4.78 is 11.4. The molecule has 1 atom stereocenters. The van der Waals surface area contributed by atoms with Gasteiger partial charge in [0.05, 0.1) is 19.3 Å². The first-order valence-electron chi connectivity index (χ1n) is 10.7. The maximum atomic E-state index is 13.5. The van der Waals surface area contributed by atoms with E-state index in [1.165, 1.54) is 0 Å². The first kappa shape index (κ1) is 22.3. The van der Waals surface area contributed by atoms with Gasteiger partial charge in [-0.25, -0.2) is 4.98 Å². The average Bonchev–Trinajstić information content (AvgIpc) is 2.85. The Morgan fingerprint density at radius 1 is 1.03 bits per heavy atom. The first-order chi connectivity index (χ1) is 16.0. The Morgan fingerprint density at radius 3 is 2.58 bits per heavy atom. The SMILES string of the molecule is COc1ccccc1C1CN(C(=O)c2cccnc2Oc2ccc(C)nc2)CCN1C(C)=O. The van der Waals surface area contributed by atoms with E-state index in [0.29, 0.717) is 36.7 Å². The molecule has 1 saturated heterocycles. The van der Waals surface area contributed by atoms with Crippen molar-refractivity contribution in [1.82, 2.24) is 19.8 Å². The highest BCUT2D eigenvalue weighted by Crippen LogP contribution is 2.33. The molecular weight excluding hydrogens is 420 g/mol. The number of rotatable bonds is 5. The van der Waals surface area contributed by atoms with E-state index >= 15 is 0 Å². The van der Waals surface area contributed by atoms with Crippen molar-refractivity contribution < 1.29 is 19.1 Å². The van der Waals surface area contributed by atoms with Gasteiger partial charge in [-0.3, -0.25) is 14.6 Å². The van der Waals surface area contributed by atoms with Crippen molar-refractivity contribution in [3.63, 3.8) is 0 Å². The monoisotopic (exact) mass is 446 g/mol. The summed E-state index contributed by atoms with van der Waals surface area (Å²) in [4.78, 5) is 37.9. The lowest BCUT2D eigenvalue weighted by atomic mass is 10.0. The van der Waals surface area contributed by atoms with Gasteiger partial charge in [0.2, 0.25) is 11.8 Å². The Morgan fingerprint density at radius 2 is 1.85 bits per heavy atom. The summed E-state index contributed by atoms with van der Waals surface area (Å²) in [6.45, 7) is 4.59. The van der Waals surface area contributed by atoms with Gasteiger partial charge in [-0.2, -0.15) is 0 Å². The Bertz CT molecular complexity index is 1150. The number of hydrogen-bond donors (Lipinski definition) is 0. The number of amides is 2. The fraction of sp³-hybridized carbons (Fsp3) is 0.280. The van der Waals surface area contributed by atoms with Crippen LogP contribution in [-0.4, -0.2) is 58.3 Å². The Labute approximate surface area is 192 Å². The average molecular weight is 447 g/mol. The molecule has 2 amide bonds. The molecule has 33 heavy (non-hydrogen) atoms. The van der Waals surface area contributed by atoms with Crippen molar-refractivity contribution in [3.05, 3.63) is 77.7 Å². The van der Waals surface area contributed by atoms with Crippen LogP contribution >= 0.6 is 0 Å². The molecule has 1 aromatic carbocycles. The van der Waals surface area contributed by atoms with Gasteiger partial charge < -0.3 is 19.3 Å². The van der Waals surface area contributed by atoms with Crippen LogP contribution in [-0.2, 0) is 4.79 Å². The lowest BCUT2D eigenvalue weighted by Crippen LogP contribution is -2.52. The van der Waals surface area contributed by atoms with Gasteiger partial charge in [-0.1, -0.05) is 18.2 Å². The van der Waals surface area contributed by atoms with E-state index in [4.69, 9.17) is 9.47 Å². The molecule has 0 radical (unpaired) electrons. The fourth-order valence-electron chi connectivity index (χ4n) is 3.98. The molecule has 1 fully saturated rings. The number of piperazine rings is 1. The normalized spacial score (nSPS) is 15.8. The van der Waals surface area contributed by atoms with Crippen molar-refractivity contribution in [3.8, 4) is 17.4 Å². The minimum atomic E-state index is -0.321. The van der Waals surface area contributed by atoms with E-state index in [2.05, 4.69) is 9.97 Å². The van der Waals surface area contributed by atoms with E-state index in [0.717, 1.165) is 11.3 Å². The Kier molecular flexibility index (Phi) is 6.53. The van der Waals surface area contributed by atoms with E-state index in [1.54, 1.807) is 54.4 Å². The van der Waals surface area contributed by atoms with Crippen LogP contribution in [0.2, 0.25) is 0 Å². The molecule has 8 heteroatoms. The van der Waals surface area contributed by atoms with E-state index in [-0.39, 0.29) is 23.7 Å². The summed E-state index contributed by atoms with van der Waals surface area (Å²) in [6, 6.07) is 14.3. The zero-order valence-electron chi connectivity index (χ0n) is 18.9. The molecule has 2 aromatic heterocycles. The van der Waals surface area contributed by atoms with Crippen molar-refractivity contribution in [2.24, 2.45) is 0 Å². The maximum absolute atomic E-state index is 13.5. The molecule has 0 saturated carbocycles. The number of para-hydroxylation sites is 1. The lowest BCUT2D eigenvalue weighted by molar-refractivity contribution is -0.133. The third-order valence-corrected chi connectivity index (χ3v) is 5.67. The Balaban J connectivity index is 1.61. The van der Waals surface area contributed by atoms with Gasteiger partial charge in [-0.05, 0) is 37.3 Å². The van der Waals surface area contributed by atoms with Crippen molar-refractivity contribution in [2.75, 3.05) is 26.7 Å². The molecule has 0 bridgehead atoms. The van der Waals surface area contributed by atoms with Crippen LogP contribution in [0, 0.1) is 6.92 Å². The number of carbonyl (C=O) groups is 2. The van der Waals surface area contributed by atoms with Crippen LogP contribution in [0.4, 0.5) is 0 Å². The molecule has 4 rings (SSSR count). The van der Waals surface area contributed by atoms with Gasteiger partial charge in [0.25, 0.3) is 5.91 Å². The fourth-order valence-corrected chi connectivity index (χ4v) is 3.98. The molecule has 3 aromatic rings. The second-order valence-electron chi connectivity index (χ2n) is 7.81. The van der Waals surface area contributed by atoms with Crippen LogP contribution in [0.25, 0.3) is 0 Å². The van der Waals surface area contributed by atoms with Crippen molar-refractivity contribution in [2.45, 2.75) is 19.9 Å². The summed E-state index contributed by atoms with van der Waals surface area (Å²) >= 11 is 0. The smallest absolute Gasteiger partial charge is 0.259 e. The number of nitrogens with zero attached hydrogens (tertiary/aromatic N) is 4. The predicted octanol–water partition coefficient (Wildman–Crippen LogP) is 3.63. The third kappa shape index (κ3) is 4.79. The summed E-state index contributed by atoms with van der Waals surface area (Å²) in [7, 11) is 1.60. The predicted molar refractivity (Wildman–Crippen MR) is 122 cm³/mol. The largest absolute Gasteiger partial charge is 0.496 e. The van der Waals surface area contributed by atoms with E-state index in [9.17, 15) is 9.59 Å². The number of hydrogen-bond acceptors (Lipinski definition) is 6. The van der Waals surface area contributed by atoms with Crippen LogP contribution in [0.15, 0.2) is 60.9 Å². The maximum Gasteiger partial charge on any atom is 0.259 e. The number of aromatic nitrogens is 2. The molecule has 1 aliphatic rings. The number of aryl methyl sites for hydroxylation is 1. The molecule has 0 N–H and O–H groups in total. The first-order valence-corrected chi connectivity index (χ1v) is 10.7. The van der Waals surface area contributed by atoms with Crippen molar-refractivity contribution in [1.29, 1.82) is 0 Å². The molecule has 1 unspecified atom stereocenters. The number of ether oxygens (including phenoxy) is 2. The summed E-state index contributed by atoms with van der Waals surface area (Å²) in [5.74, 6) is 1.15. The molecule has 0 aliphatic carbocycles. The minimum absolute atomic E-state index is 0.0460. The van der Waals surface area contributed by atoms with Gasteiger partial charge >= 0.3 is 0 Å². The highest BCUT2D eigenvalue weighted by molar-refractivity contribution is 5.96. The zero-order chi connectivity index (χ0) is 23.4. The number of methoxy groups -OCH3 is 1. The highest BCUT2D eigenvalue weighted by atomic mass is 16.5. The number of benzene rings is 1. The number of carbonyl (C=O) groups excluding carboxylic acids is 2. The van der Waals surface area contributed by atoms with Gasteiger partial charge in [-0.15, -0.1) is 0 Å². The second kappa shape index (κ2) is 9.68. The van der Waals surface area contributed by atoms with Crippen LogP contribution in [0.3, 0.4) is 0 Å². The van der Waals surface area contributed by atoms with Gasteiger partial charge in [0.15, 0.2) is 0 Å². The lowest BCUT2D eigenvalue weighted by Gasteiger charge is -2.41. The number of pyridine rings is 2. The molecule has 3 heterocycles. The minimum Gasteiger partial charge on any atom is -0.496 e. The second-order valence-corrected chi connectivity index (χ2v) is 7.81. The summed E-state index contributed by atoms with van der Waals surface area (Å²) in [6.07, 6.45) is 3.18. The van der Waals surface area contributed by atoms with E-state index < -0.39 is 0 Å². The summed E-state index contributed by atoms with van der Waals surface area (Å²) in [5, 5.41) is 0.